The second-order valence-corrected chi connectivity index (χ2v) is 6.29. The summed E-state index contributed by atoms with van der Waals surface area (Å²) in [6.45, 7) is 2.46. The molecule has 0 spiro atoms. The van der Waals surface area contributed by atoms with Crippen LogP contribution in [-0.2, 0) is 11.8 Å². The van der Waals surface area contributed by atoms with Gasteiger partial charge in [0, 0.05) is 19.2 Å². The Morgan fingerprint density at radius 2 is 2.04 bits per heavy atom. The molecule has 2 rings (SSSR count). The first-order valence-electron chi connectivity index (χ1n) is 7.37. The van der Waals surface area contributed by atoms with E-state index in [4.69, 9.17) is 11.6 Å². The molecule has 0 aliphatic carbocycles. The highest BCUT2D eigenvalue weighted by atomic mass is 35.5. The molecule has 2 N–H and O–H groups in total. The monoisotopic (exact) mass is 367 g/mol. The van der Waals surface area contributed by atoms with Crippen LogP contribution in [0, 0.1) is 0 Å². The maximum atomic E-state index is 11.8. The lowest BCUT2D eigenvalue weighted by molar-refractivity contribution is -0.117. The Morgan fingerprint density at radius 3 is 2.75 bits per heavy atom. The Labute approximate surface area is 149 Å². The molecule has 0 saturated carbocycles. The van der Waals surface area contributed by atoms with Crippen LogP contribution in [0.3, 0.4) is 0 Å². The predicted molar refractivity (Wildman–Crippen MR) is 94.0 cm³/mol. The number of urea groups is 1. The molecule has 3 amide bonds. The van der Waals surface area contributed by atoms with Crippen molar-refractivity contribution in [2.24, 2.45) is 7.05 Å². The van der Waals surface area contributed by atoms with E-state index in [9.17, 15) is 9.59 Å². The highest BCUT2D eigenvalue weighted by Gasteiger charge is 2.15. The molecule has 0 saturated heterocycles. The zero-order chi connectivity index (χ0) is 17.5. The van der Waals surface area contributed by atoms with Crippen molar-refractivity contribution in [3.8, 4) is 11.4 Å². The number of hydrogen-bond donors (Lipinski definition) is 2. The third-order valence-electron chi connectivity index (χ3n) is 3.07. The van der Waals surface area contributed by atoms with Crippen LogP contribution >= 0.6 is 23.4 Å². The zero-order valence-electron chi connectivity index (χ0n) is 13.4. The van der Waals surface area contributed by atoms with E-state index < -0.39 is 11.9 Å². The molecule has 0 bridgehead atoms. The van der Waals surface area contributed by atoms with Crippen molar-refractivity contribution in [3.05, 3.63) is 29.3 Å². The fourth-order valence-electron chi connectivity index (χ4n) is 1.89. The van der Waals surface area contributed by atoms with E-state index in [1.165, 1.54) is 11.8 Å². The molecule has 24 heavy (non-hydrogen) atoms. The van der Waals surface area contributed by atoms with E-state index in [1.54, 1.807) is 17.7 Å². The van der Waals surface area contributed by atoms with Crippen LogP contribution in [0.1, 0.15) is 13.3 Å². The van der Waals surface area contributed by atoms with Gasteiger partial charge in [-0.25, -0.2) is 4.79 Å². The van der Waals surface area contributed by atoms with Gasteiger partial charge in [0.15, 0.2) is 11.0 Å². The number of nitrogens with zero attached hydrogens (tertiary/aromatic N) is 3. The molecule has 1 aromatic carbocycles. The van der Waals surface area contributed by atoms with Gasteiger partial charge in [-0.2, -0.15) is 0 Å². The van der Waals surface area contributed by atoms with Gasteiger partial charge in [-0.15, -0.1) is 10.2 Å². The summed E-state index contributed by atoms with van der Waals surface area (Å²) in [4.78, 5) is 23.2. The van der Waals surface area contributed by atoms with Gasteiger partial charge in [-0.1, -0.05) is 42.4 Å². The minimum atomic E-state index is -0.489. The summed E-state index contributed by atoms with van der Waals surface area (Å²) in [5.74, 6) is 0.286. The highest BCUT2D eigenvalue weighted by Crippen LogP contribution is 2.28. The maximum absolute atomic E-state index is 11.8. The maximum Gasteiger partial charge on any atom is 0.321 e. The van der Waals surface area contributed by atoms with E-state index in [-0.39, 0.29) is 5.75 Å². The van der Waals surface area contributed by atoms with E-state index in [1.807, 2.05) is 25.1 Å². The normalized spacial score (nSPS) is 10.5. The smallest absolute Gasteiger partial charge is 0.321 e. The molecular formula is C15H18ClN5O2S. The lowest BCUT2D eigenvalue weighted by Crippen LogP contribution is -2.40. The standard InChI is InChI=1S/C15H18ClN5O2S/c1-3-8-17-14(23)18-12(22)9-24-15-20-19-13(21(15)2)10-6-4-5-7-11(10)16/h4-7H,3,8-9H2,1-2H3,(H2,17,18,22,23). The van der Waals surface area contributed by atoms with Crippen molar-refractivity contribution < 1.29 is 9.59 Å². The number of halogens is 1. The van der Waals surface area contributed by atoms with Crippen molar-refractivity contribution in [2.45, 2.75) is 18.5 Å². The minimum absolute atomic E-state index is 0.0635. The number of aromatic nitrogens is 3. The second kappa shape index (κ2) is 8.70. The van der Waals surface area contributed by atoms with Gasteiger partial charge in [0.25, 0.3) is 0 Å². The van der Waals surface area contributed by atoms with E-state index in [0.29, 0.717) is 22.5 Å². The number of carbonyl (C=O) groups is 2. The first-order chi connectivity index (χ1) is 11.5. The molecule has 9 heteroatoms. The summed E-state index contributed by atoms with van der Waals surface area (Å²) in [6, 6.07) is 6.85. The van der Waals surface area contributed by atoms with Crippen molar-refractivity contribution >= 4 is 35.3 Å². The van der Waals surface area contributed by atoms with Crippen molar-refractivity contribution in [1.29, 1.82) is 0 Å². The summed E-state index contributed by atoms with van der Waals surface area (Å²) in [6.07, 6.45) is 0.806. The first kappa shape index (κ1) is 18.3. The SMILES string of the molecule is CCCNC(=O)NC(=O)CSc1nnc(-c2ccccc2Cl)n1C. The molecule has 0 aliphatic heterocycles. The minimum Gasteiger partial charge on any atom is -0.338 e. The third-order valence-corrected chi connectivity index (χ3v) is 4.42. The Morgan fingerprint density at radius 1 is 1.29 bits per heavy atom. The number of thioether (sulfide) groups is 1. The highest BCUT2D eigenvalue weighted by molar-refractivity contribution is 7.99. The van der Waals surface area contributed by atoms with Crippen LogP contribution in [0.5, 0.6) is 0 Å². The van der Waals surface area contributed by atoms with Crippen LogP contribution in [0.25, 0.3) is 11.4 Å². The second-order valence-electron chi connectivity index (χ2n) is 4.94. The molecule has 7 nitrogen and oxygen atoms in total. The molecule has 0 radical (unpaired) electrons. The van der Waals surface area contributed by atoms with Crippen LogP contribution in [0.4, 0.5) is 4.79 Å². The van der Waals surface area contributed by atoms with Crippen LogP contribution in [0.2, 0.25) is 5.02 Å². The van der Waals surface area contributed by atoms with Crippen LogP contribution in [-0.4, -0.2) is 39.0 Å². The van der Waals surface area contributed by atoms with Gasteiger partial charge in [0.2, 0.25) is 5.91 Å². The van der Waals surface area contributed by atoms with Crippen molar-refractivity contribution in [1.82, 2.24) is 25.4 Å². The zero-order valence-corrected chi connectivity index (χ0v) is 14.9. The molecule has 2 aromatic rings. The Balaban J connectivity index is 1.96. The molecule has 0 aliphatic rings. The summed E-state index contributed by atoms with van der Waals surface area (Å²) >= 11 is 7.37. The number of benzene rings is 1. The van der Waals surface area contributed by atoms with E-state index >= 15 is 0 Å². The van der Waals surface area contributed by atoms with Crippen LogP contribution < -0.4 is 10.6 Å². The molecule has 0 atom stereocenters. The largest absolute Gasteiger partial charge is 0.338 e. The number of carbonyl (C=O) groups excluding carboxylic acids is 2. The number of imide groups is 1. The van der Waals surface area contributed by atoms with Crippen LogP contribution in [0.15, 0.2) is 29.4 Å². The average Bonchev–Trinajstić information content (AvgIpc) is 2.92. The van der Waals surface area contributed by atoms with Crippen molar-refractivity contribution in [3.63, 3.8) is 0 Å². The molecule has 1 heterocycles. The lowest BCUT2D eigenvalue weighted by Gasteiger charge is -2.06. The van der Waals surface area contributed by atoms with E-state index in [2.05, 4.69) is 20.8 Å². The van der Waals surface area contributed by atoms with E-state index in [0.717, 1.165) is 12.0 Å². The van der Waals surface area contributed by atoms with Gasteiger partial charge >= 0.3 is 6.03 Å². The van der Waals surface area contributed by atoms with Gasteiger partial charge in [0.1, 0.15) is 0 Å². The Hall–Kier alpha value is -2.06. The number of rotatable bonds is 6. The summed E-state index contributed by atoms with van der Waals surface area (Å²) in [7, 11) is 1.80. The number of hydrogen-bond acceptors (Lipinski definition) is 5. The third kappa shape index (κ3) is 4.72. The predicted octanol–water partition coefficient (Wildman–Crippen LogP) is 2.46. The summed E-state index contributed by atoms with van der Waals surface area (Å²) in [5.41, 5.74) is 0.768. The summed E-state index contributed by atoms with van der Waals surface area (Å²) in [5, 5.41) is 14.2. The number of nitrogens with one attached hydrogen (secondary N) is 2. The van der Waals surface area contributed by atoms with Gasteiger partial charge in [-0.05, 0) is 18.6 Å². The molecular weight excluding hydrogens is 350 g/mol. The fourth-order valence-corrected chi connectivity index (χ4v) is 2.82. The quantitative estimate of drug-likeness (QED) is 0.765. The number of amides is 3. The summed E-state index contributed by atoms with van der Waals surface area (Å²) < 4.78 is 1.76. The van der Waals surface area contributed by atoms with Crippen molar-refractivity contribution in [2.75, 3.05) is 12.3 Å². The van der Waals surface area contributed by atoms with Gasteiger partial charge in [0.05, 0.1) is 10.8 Å². The van der Waals surface area contributed by atoms with Gasteiger partial charge in [-0.3, -0.25) is 10.1 Å². The lowest BCUT2D eigenvalue weighted by atomic mass is 10.2. The first-order valence-corrected chi connectivity index (χ1v) is 8.74. The molecule has 128 valence electrons. The Kier molecular flexibility index (Phi) is 6.62. The Bertz CT molecular complexity index is 734. The molecule has 0 fully saturated rings. The fraction of sp³-hybridized carbons (Fsp3) is 0.333. The topological polar surface area (TPSA) is 88.9 Å². The van der Waals surface area contributed by atoms with Gasteiger partial charge < -0.3 is 9.88 Å². The molecule has 1 aromatic heterocycles. The molecule has 0 unspecified atom stereocenters. The average molecular weight is 368 g/mol.